The van der Waals surface area contributed by atoms with Crippen LogP contribution in [0.1, 0.15) is 29.0 Å². The fourth-order valence-corrected chi connectivity index (χ4v) is 4.38. The monoisotopic (exact) mass is 435 g/mol. The predicted molar refractivity (Wildman–Crippen MR) is 116 cm³/mol. The number of aryl methyl sites for hydroxylation is 1. The maximum absolute atomic E-state index is 13.7. The van der Waals surface area contributed by atoms with E-state index in [1.807, 2.05) is 24.0 Å². The topological polar surface area (TPSA) is 81.1 Å². The predicted octanol–water partition coefficient (Wildman–Crippen LogP) is 3.83. The first kappa shape index (κ1) is 19.9. The van der Waals surface area contributed by atoms with Crippen LogP contribution in [0.2, 0.25) is 5.02 Å². The molecule has 0 radical (unpaired) electrons. The van der Waals surface area contributed by atoms with Crippen molar-refractivity contribution in [3.63, 3.8) is 0 Å². The number of hydrogen-bond donors (Lipinski definition) is 0. The van der Waals surface area contributed by atoms with Crippen LogP contribution >= 0.6 is 11.6 Å². The van der Waals surface area contributed by atoms with Gasteiger partial charge in [0.25, 0.3) is 5.91 Å². The number of halogens is 1. The number of ether oxygens (including phenoxy) is 1. The van der Waals surface area contributed by atoms with Crippen molar-refractivity contribution in [3.8, 4) is 17.3 Å². The number of carbonyl (C=O) groups is 1. The van der Waals surface area contributed by atoms with E-state index >= 15 is 0 Å². The third-order valence-corrected chi connectivity index (χ3v) is 6.18. The van der Waals surface area contributed by atoms with Crippen LogP contribution in [0.5, 0.6) is 5.88 Å². The maximum atomic E-state index is 13.7. The Morgan fingerprint density at radius 3 is 2.77 bits per heavy atom. The Hall–Kier alpha value is -3.06. The van der Waals surface area contributed by atoms with Gasteiger partial charge in [-0.2, -0.15) is 0 Å². The summed E-state index contributed by atoms with van der Waals surface area (Å²) in [6.07, 6.45) is 7.02. The van der Waals surface area contributed by atoms with Crippen molar-refractivity contribution in [1.29, 1.82) is 0 Å². The van der Waals surface area contributed by atoms with Gasteiger partial charge in [-0.1, -0.05) is 11.6 Å². The average Bonchev–Trinajstić information content (AvgIpc) is 3.55. The molecule has 3 aromatic rings. The maximum Gasteiger partial charge on any atom is 0.273 e. The second-order valence-electron chi connectivity index (χ2n) is 8.15. The zero-order valence-electron chi connectivity index (χ0n) is 17.1. The Morgan fingerprint density at radius 1 is 1.13 bits per heavy atom. The van der Waals surface area contributed by atoms with Gasteiger partial charge in [-0.15, -0.1) is 0 Å². The van der Waals surface area contributed by atoms with Gasteiger partial charge in [0.2, 0.25) is 5.88 Å². The first-order chi connectivity index (χ1) is 15.1. The molecule has 2 aliphatic rings. The van der Waals surface area contributed by atoms with E-state index < -0.39 is 0 Å². The highest BCUT2D eigenvalue weighted by Gasteiger charge is 2.47. The van der Waals surface area contributed by atoms with Gasteiger partial charge in [0.05, 0.1) is 11.6 Å². The zero-order chi connectivity index (χ0) is 21.4. The van der Waals surface area contributed by atoms with Gasteiger partial charge < -0.3 is 9.64 Å². The molecule has 0 spiro atoms. The molecular formula is C23H22ClN5O2. The van der Waals surface area contributed by atoms with Crippen molar-refractivity contribution >= 4 is 17.5 Å². The van der Waals surface area contributed by atoms with Gasteiger partial charge in [0.1, 0.15) is 12.3 Å². The van der Waals surface area contributed by atoms with Crippen LogP contribution in [0.3, 0.4) is 0 Å². The highest BCUT2D eigenvalue weighted by molar-refractivity contribution is 6.30. The van der Waals surface area contributed by atoms with Crippen LogP contribution in [-0.2, 0) is 0 Å². The van der Waals surface area contributed by atoms with Crippen LogP contribution in [0, 0.1) is 18.8 Å². The number of nitrogens with zero attached hydrogens (tertiary/aromatic N) is 5. The number of amides is 1. The Labute approximate surface area is 185 Å². The lowest BCUT2D eigenvalue weighted by Gasteiger charge is -2.35. The minimum absolute atomic E-state index is 0.0520. The summed E-state index contributed by atoms with van der Waals surface area (Å²) in [5.41, 5.74) is 1.81. The standard InChI is InChI=1S/C23H22ClN5O2/c1-14-3-4-19(22-26-6-2-7-27-22)21(28-14)23(30)29-12-16-9-15(16)10-18(29)13-31-20-11-17(24)5-8-25-20/h2-8,11,15-16,18H,9-10,12-13H2,1H3/t15-,16+,18-/m0/s1. The SMILES string of the molecule is Cc1ccc(-c2ncccn2)c(C(=O)N2C[C@H]3C[C@H]3C[C@H]2COc2cc(Cl)ccn2)n1. The number of pyridine rings is 2. The summed E-state index contributed by atoms with van der Waals surface area (Å²) in [4.78, 5) is 33.1. The first-order valence-corrected chi connectivity index (χ1v) is 10.8. The molecule has 1 aliphatic carbocycles. The van der Waals surface area contributed by atoms with E-state index in [2.05, 4.69) is 19.9 Å². The molecule has 1 amide bonds. The second kappa shape index (κ2) is 8.23. The van der Waals surface area contributed by atoms with Gasteiger partial charge in [-0.05, 0) is 55.9 Å². The molecule has 0 aromatic carbocycles. The summed E-state index contributed by atoms with van der Waals surface area (Å²) in [5.74, 6) is 2.07. The summed E-state index contributed by atoms with van der Waals surface area (Å²) in [5, 5.41) is 0.570. The number of hydrogen-bond acceptors (Lipinski definition) is 6. The van der Waals surface area contributed by atoms with E-state index in [4.69, 9.17) is 16.3 Å². The molecule has 3 aromatic heterocycles. The summed E-state index contributed by atoms with van der Waals surface area (Å²) < 4.78 is 5.91. The van der Waals surface area contributed by atoms with Crippen LogP contribution < -0.4 is 4.74 Å². The number of rotatable bonds is 5. The molecule has 1 aliphatic heterocycles. The van der Waals surface area contributed by atoms with Gasteiger partial charge in [0, 0.05) is 41.9 Å². The van der Waals surface area contributed by atoms with Crippen LogP contribution in [-0.4, -0.2) is 49.9 Å². The Bertz CT molecular complexity index is 1110. The molecule has 5 rings (SSSR count). The van der Waals surface area contributed by atoms with Crippen molar-refractivity contribution in [1.82, 2.24) is 24.8 Å². The zero-order valence-corrected chi connectivity index (χ0v) is 17.9. The van der Waals surface area contributed by atoms with E-state index in [1.165, 1.54) is 0 Å². The summed E-state index contributed by atoms with van der Waals surface area (Å²) >= 11 is 6.04. The largest absolute Gasteiger partial charge is 0.475 e. The highest BCUT2D eigenvalue weighted by Crippen LogP contribution is 2.47. The highest BCUT2D eigenvalue weighted by atomic mass is 35.5. The third-order valence-electron chi connectivity index (χ3n) is 5.94. The van der Waals surface area contributed by atoms with Crippen LogP contribution in [0.4, 0.5) is 0 Å². The van der Waals surface area contributed by atoms with E-state index in [0.29, 0.717) is 53.0 Å². The van der Waals surface area contributed by atoms with Crippen molar-refractivity contribution in [2.75, 3.05) is 13.2 Å². The third kappa shape index (κ3) is 4.23. The van der Waals surface area contributed by atoms with Crippen molar-refractivity contribution in [2.24, 2.45) is 11.8 Å². The van der Waals surface area contributed by atoms with E-state index in [-0.39, 0.29) is 11.9 Å². The molecule has 7 nitrogen and oxygen atoms in total. The number of fused-ring (bicyclic) bond motifs is 1. The molecular weight excluding hydrogens is 414 g/mol. The molecule has 0 N–H and O–H groups in total. The molecule has 1 saturated carbocycles. The number of carbonyl (C=O) groups excluding carboxylic acids is 1. The summed E-state index contributed by atoms with van der Waals surface area (Å²) in [7, 11) is 0. The molecule has 0 bridgehead atoms. The molecule has 0 unspecified atom stereocenters. The number of aromatic nitrogens is 4. The quantitative estimate of drug-likeness (QED) is 0.606. The lowest BCUT2D eigenvalue weighted by molar-refractivity contribution is 0.0503. The van der Waals surface area contributed by atoms with Gasteiger partial charge in [0.15, 0.2) is 5.82 Å². The smallest absolute Gasteiger partial charge is 0.273 e. The minimum Gasteiger partial charge on any atom is -0.475 e. The fraction of sp³-hybridized carbons (Fsp3) is 0.348. The molecule has 1 saturated heterocycles. The molecule has 158 valence electrons. The van der Waals surface area contributed by atoms with E-state index in [9.17, 15) is 4.79 Å². The van der Waals surface area contributed by atoms with Gasteiger partial charge >= 0.3 is 0 Å². The Balaban J connectivity index is 1.42. The summed E-state index contributed by atoms with van der Waals surface area (Å²) in [6.45, 7) is 2.96. The lowest BCUT2D eigenvalue weighted by atomic mass is 10.0. The lowest BCUT2D eigenvalue weighted by Crippen LogP contribution is -2.48. The summed E-state index contributed by atoms with van der Waals surface area (Å²) in [6, 6.07) is 8.84. The van der Waals surface area contributed by atoms with Gasteiger partial charge in [-0.25, -0.2) is 19.9 Å². The van der Waals surface area contributed by atoms with Crippen molar-refractivity contribution < 1.29 is 9.53 Å². The van der Waals surface area contributed by atoms with Crippen LogP contribution in [0.15, 0.2) is 48.9 Å². The minimum atomic E-state index is -0.107. The van der Waals surface area contributed by atoms with Crippen molar-refractivity contribution in [3.05, 3.63) is 65.3 Å². The van der Waals surface area contributed by atoms with E-state index in [1.54, 1.807) is 36.8 Å². The molecule has 8 heteroatoms. The Kier molecular flexibility index (Phi) is 5.28. The van der Waals surface area contributed by atoms with E-state index in [0.717, 1.165) is 18.5 Å². The van der Waals surface area contributed by atoms with Crippen LogP contribution in [0.25, 0.3) is 11.4 Å². The molecule has 2 fully saturated rings. The second-order valence-corrected chi connectivity index (χ2v) is 8.58. The number of piperidine rings is 1. The average molecular weight is 436 g/mol. The normalized spacial score (nSPS) is 22.0. The molecule has 4 heterocycles. The first-order valence-electron chi connectivity index (χ1n) is 10.4. The number of likely N-dealkylation sites (tertiary alicyclic amines) is 1. The van der Waals surface area contributed by atoms with Gasteiger partial charge in [-0.3, -0.25) is 4.79 Å². The molecule has 3 atom stereocenters. The Morgan fingerprint density at radius 2 is 1.97 bits per heavy atom. The fourth-order valence-electron chi connectivity index (χ4n) is 4.23. The molecule has 31 heavy (non-hydrogen) atoms. The van der Waals surface area contributed by atoms with Crippen molar-refractivity contribution in [2.45, 2.75) is 25.8 Å².